The van der Waals surface area contributed by atoms with Gasteiger partial charge in [0.15, 0.2) is 0 Å². The lowest BCUT2D eigenvalue weighted by Crippen LogP contribution is -2.22. The van der Waals surface area contributed by atoms with Gasteiger partial charge in [-0.25, -0.2) is 4.98 Å². The third-order valence-corrected chi connectivity index (χ3v) is 5.89. The predicted molar refractivity (Wildman–Crippen MR) is 133 cm³/mol. The van der Waals surface area contributed by atoms with Gasteiger partial charge in [0, 0.05) is 36.2 Å². The molecule has 0 aliphatic rings. The van der Waals surface area contributed by atoms with Crippen LogP contribution in [-0.2, 0) is 0 Å². The molecule has 0 saturated carbocycles. The Morgan fingerprint density at radius 3 is 2.28 bits per heavy atom. The summed E-state index contributed by atoms with van der Waals surface area (Å²) in [6, 6.07) is 18.3. The van der Waals surface area contributed by atoms with E-state index in [1.54, 1.807) is 0 Å². The first kappa shape index (κ1) is 21.6. The van der Waals surface area contributed by atoms with Crippen molar-refractivity contribution in [1.82, 2.24) is 9.38 Å². The quantitative estimate of drug-likeness (QED) is 0.410. The van der Waals surface area contributed by atoms with Crippen LogP contribution >= 0.6 is 0 Å². The van der Waals surface area contributed by atoms with Gasteiger partial charge in [-0.05, 0) is 70.0 Å². The summed E-state index contributed by atoms with van der Waals surface area (Å²) in [4.78, 5) is 20.6. The first-order chi connectivity index (χ1) is 15.4. The van der Waals surface area contributed by atoms with E-state index in [0.29, 0.717) is 11.4 Å². The molecule has 0 unspecified atom stereocenters. The standard InChI is InChI=1S/C27H30N4O/c1-6-30(7-2)22-13-14-23(20(5)16-22)28-27(32)26-25(21-11-8-18(3)9-12-21)29-24-15-10-19(4)17-31(24)26/h8-17H,6-7H2,1-5H3,(H,28,32). The summed E-state index contributed by atoms with van der Waals surface area (Å²) in [5, 5.41) is 3.13. The summed E-state index contributed by atoms with van der Waals surface area (Å²) in [7, 11) is 0. The summed E-state index contributed by atoms with van der Waals surface area (Å²) >= 11 is 0. The first-order valence-electron chi connectivity index (χ1n) is 11.1. The molecule has 1 N–H and O–H groups in total. The number of pyridine rings is 1. The minimum absolute atomic E-state index is 0.169. The second-order valence-corrected chi connectivity index (χ2v) is 8.24. The van der Waals surface area contributed by atoms with Crippen molar-refractivity contribution < 1.29 is 4.79 Å². The van der Waals surface area contributed by atoms with Crippen molar-refractivity contribution in [1.29, 1.82) is 0 Å². The Hall–Kier alpha value is -3.60. The molecule has 4 aromatic rings. The number of aromatic nitrogens is 2. The Labute approximate surface area is 189 Å². The van der Waals surface area contributed by atoms with E-state index in [1.807, 2.05) is 66.9 Å². The Bertz CT molecular complexity index is 1270. The minimum Gasteiger partial charge on any atom is -0.372 e. The molecule has 0 radical (unpaired) electrons. The Kier molecular flexibility index (Phi) is 5.99. The maximum Gasteiger partial charge on any atom is 0.274 e. The molecule has 2 aromatic heterocycles. The van der Waals surface area contributed by atoms with Crippen LogP contribution in [0.4, 0.5) is 11.4 Å². The maximum atomic E-state index is 13.6. The van der Waals surface area contributed by atoms with Crippen LogP contribution in [0, 0.1) is 20.8 Å². The van der Waals surface area contributed by atoms with Crippen molar-refractivity contribution in [3.63, 3.8) is 0 Å². The number of rotatable bonds is 6. The van der Waals surface area contributed by atoms with Gasteiger partial charge < -0.3 is 10.2 Å². The van der Waals surface area contributed by atoms with Gasteiger partial charge in [0.2, 0.25) is 0 Å². The number of hydrogen-bond donors (Lipinski definition) is 1. The molecule has 5 heteroatoms. The van der Waals surface area contributed by atoms with Crippen molar-refractivity contribution in [2.45, 2.75) is 34.6 Å². The molecule has 0 spiro atoms. The fourth-order valence-electron chi connectivity index (χ4n) is 4.04. The van der Waals surface area contributed by atoms with Crippen LogP contribution in [0.1, 0.15) is 41.0 Å². The average molecular weight is 427 g/mol. The molecule has 0 atom stereocenters. The molecule has 0 bridgehead atoms. The molecule has 4 rings (SSSR count). The number of anilines is 2. The third-order valence-electron chi connectivity index (χ3n) is 5.89. The van der Waals surface area contributed by atoms with Crippen LogP contribution in [0.3, 0.4) is 0 Å². The van der Waals surface area contributed by atoms with E-state index < -0.39 is 0 Å². The van der Waals surface area contributed by atoms with Gasteiger partial charge in [0.1, 0.15) is 17.0 Å². The molecule has 0 aliphatic carbocycles. The van der Waals surface area contributed by atoms with Crippen LogP contribution in [0.5, 0.6) is 0 Å². The third kappa shape index (κ3) is 4.11. The Balaban J connectivity index is 1.76. The number of benzene rings is 2. The van der Waals surface area contributed by atoms with Crippen molar-refractivity contribution in [2.24, 2.45) is 0 Å². The molecule has 164 valence electrons. The van der Waals surface area contributed by atoms with Crippen LogP contribution < -0.4 is 10.2 Å². The SMILES string of the molecule is CCN(CC)c1ccc(NC(=O)c2c(-c3ccc(C)cc3)nc3ccc(C)cn23)c(C)c1. The molecule has 1 amide bonds. The first-order valence-corrected chi connectivity index (χ1v) is 11.1. The number of imidazole rings is 1. The lowest BCUT2D eigenvalue weighted by atomic mass is 10.1. The lowest BCUT2D eigenvalue weighted by Gasteiger charge is -2.22. The monoisotopic (exact) mass is 426 g/mol. The van der Waals surface area contributed by atoms with Gasteiger partial charge in [0.25, 0.3) is 5.91 Å². The fourth-order valence-corrected chi connectivity index (χ4v) is 4.04. The van der Waals surface area contributed by atoms with Crippen LogP contribution in [0.15, 0.2) is 60.8 Å². The minimum atomic E-state index is -0.169. The summed E-state index contributed by atoms with van der Waals surface area (Å²) in [5.74, 6) is -0.169. The van der Waals surface area contributed by atoms with Gasteiger partial charge in [-0.2, -0.15) is 0 Å². The van der Waals surface area contributed by atoms with Crippen LogP contribution in [0.2, 0.25) is 0 Å². The Morgan fingerprint density at radius 1 is 0.938 bits per heavy atom. The van der Waals surface area contributed by atoms with Gasteiger partial charge in [-0.15, -0.1) is 0 Å². The fraction of sp³-hybridized carbons (Fsp3) is 0.259. The van der Waals surface area contributed by atoms with Crippen molar-refractivity contribution in [2.75, 3.05) is 23.3 Å². The molecular formula is C27H30N4O. The highest BCUT2D eigenvalue weighted by atomic mass is 16.2. The molecule has 5 nitrogen and oxygen atoms in total. The van der Waals surface area contributed by atoms with Crippen molar-refractivity contribution in [3.05, 3.63) is 83.2 Å². The summed E-state index contributed by atoms with van der Waals surface area (Å²) < 4.78 is 1.89. The zero-order valence-corrected chi connectivity index (χ0v) is 19.4. The summed E-state index contributed by atoms with van der Waals surface area (Å²) in [6.07, 6.45) is 1.96. The smallest absolute Gasteiger partial charge is 0.274 e. The average Bonchev–Trinajstić information content (AvgIpc) is 3.15. The highest BCUT2D eigenvalue weighted by Crippen LogP contribution is 2.28. The zero-order chi connectivity index (χ0) is 22.8. The largest absolute Gasteiger partial charge is 0.372 e. The number of nitrogens with zero attached hydrogens (tertiary/aromatic N) is 3. The van der Waals surface area contributed by atoms with E-state index >= 15 is 0 Å². The van der Waals surface area contributed by atoms with Gasteiger partial charge in [-0.1, -0.05) is 35.9 Å². The highest BCUT2D eigenvalue weighted by molar-refractivity contribution is 6.08. The molecular weight excluding hydrogens is 396 g/mol. The number of carbonyl (C=O) groups is 1. The molecule has 32 heavy (non-hydrogen) atoms. The van der Waals surface area contributed by atoms with Crippen molar-refractivity contribution in [3.8, 4) is 11.3 Å². The molecule has 0 saturated heterocycles. The second kappa shape index (κ2) is 8.87. The Morgan fingerprint density at radius 2 is 1.62 bits per heavy atom. The van der Waals surface area contributed by atoms with E-state index in [1.165, 1.54) is 5.56 Å². The zero-order valence-electron chi connectivity index (χ0n) is 19.4. The van der Waals surface area contributed by atoms with Crippen LogP contribution in [0.25, 0.3) is 16.9 Å². The van der Waals surface area contributed by atoms with Gasteiger partial charge in [0.05, 0.1) is 0 Å². The predicted octanol–water partition coefficient (Wildman–Crippen LogP) is 6.03. The number of amides is 1. The van der Waals surface area contributed by atoms with E-state index in [2.05, 4.69) is 43.1 Å². The molecule has 2 heterocycles. The molecule has 2 aromatic carbocycles. The van der Waals surface area contributed by atoms with Crippen molar-refractivity contribution >= 4 is 22.9 Å². The van der Waals surface area contributed by atoms with Crippen LogP contribution in [-0.4, -0.2) is 28.4 Å². The van der Waals surface area contributed by atoms with Gasteiger partial charge >= 0.3 is 0 Å². The van der Waals surface area contributed by atoms with E-state index in [-0.39, 0.29) is 5.91 Å². The number of fused-ring (bicyclic) bond motifs is 1. The second-order valence-electron chi connectivity index (χ2n) is 8.24. The number of hydrogen-bond acceptors (Lipinski definition) is 3. The summed E-state index contributed by atoms with van der Waals surface area (Å²) in [5.41, 5.74) is 8.15. The highest BCUT2D eigenvalue weighted by Gasteiger charge is 2.21. The van der Waals surface area contributed by atoms with E-state index in [4.69, 9.17) is 4.98 Å². The molecule has 0 fully saturated rings. The van der Waals surface area contributed by atoms with Gasteiger partial charge in [-0.3, -0.25) is 9.20 Å². The number of carbonyl (C=O) groups excluding carboxylic acids is 1. The number of aryl methyl sites for hydroxylation is 3. The normalized spacial score (nSPS) is 11.0. The maximum absolute atomic E-state index is 13.6. The molecule has 0 aliphatic heterocycles. The lowest BCUT2D eigenvalue weighted by molar-refractivity contribution is 0.102. The topological polar surface area (TPSA) is 49.6 Å². The number of nitrogens with one attached hydrogen (secondary N) is 1. The van der Waals surface area contributed by atoms with E-state index in [0.717, 1.165) is 46.8 Å². The summed E-state index contributed by atoms with van der Waals surface area (Å²) in [6.45, 7) is 12.3. The van der Waals surface area contributed by atoms with E-state index in [9.17, 15) is 4.79 Å².